The number of aromatic nitrogens is 4. The van der Waals surface area contributed by atoms with Crippen molar-refractivity contribution >= 4 is 125 Å². The summed E-state index contributed by atoms with van der Waals surface area (Å²) < 4.78 is 3.16. The molecule has 0 amide bonds. The number of nitrogens with zero attached hydrogens (tertiary/aromatic N) is 6. The van der Waals surface area contributed by atoms with Crippen LogP contribution in [0.15, 0.2) is 50.5 Å². The Morgan fingerprint density at radius 3 is 1.45 bits per heavy atom. The summed E-state index contributed by atoms with van der Waals surface area (Å²) in [5, 5.41) is 20.2. The average Bonchev–Trinajstić information content (AvgIpc) is 3.43. The fourth-order valence-electron chi connectivity index (χ4n) is 1.54. The molecule has 0 aliphatic rings. The van der Waals surface area contributed by atoms with E-state index in [0.29, 0.717) is 18.9 Å². The number of aliphatic imine (C=N–C) groups is 2. The predicted molar refractivity (Wildman–Crippen MR) is 130 cm³/mol. The van der Waals surface area contributed by atoms with Crippen LogP contribution in [0.25, 0.3) is 0 Å². The number of hydrogen-bond acceptors (Lipinski definition) is 12. The average molecular weight is 674 g/mol. The van der Waals surface area contributed by atoms with Crippen LogP contribution in [0.4, 0.5) is 10.3 Å². The number of thiophene rings is 2. The normalized spacial score (nSPS) is 10.8. The Balaban J connectivity index is 0.000000200. The maximum atomic E-state index is 4.83. The molecule has 0 fully saturated rings. The van der Waals surface area contributed by atoms with Gasteiger partial charge in [-0.3, -0.25) is 0 Å². The second kappa shape index (κ2) is 12.6. The topological polar surface area (TPSA) is 76.3 Å². The largest absolute Gasteiger partial charge is 2.00 e. The van der Waals surface area contributed by atoms with Crippen molar-refractivity contribution in [1.82, 2.24) is 20.4 Å². The van der Waals surface area contributed by atoms with Crippen molar-refractivity contribution in [3.63, 3.8) is 0 Å². The molecule has 4 rings (SSSR count). The molecule has 0 atom stereocenters. The van der Waals surface area contributed by atoms with Gasteiger partial charge >= 0.3 is 17.1 Å². The van der Waals surface area contributed by atoms with E-state index in [4.69, 9.17) is 25.3 Å². The van der Waals surface area contributed by atoms with E-state index < -0.39 is 0 Å². The van der Waals surface area contributed by atoms with Gasteiger partial charge in [-0.05, 0) is 52.7 Å². The molecule has 4 aromatic rings. The first-order valence-electron chi connectivity index (χ1n) is 7.05. The number of halogens is 2. The van der Waals surface area contributed by atoms with Gasteiger partial charge in [-0.25, -0.2) is 9.98 Å². The Bertz CT molecular complexity index is 933. The maximum Gasteiger partial charge on any atom is 2.00 e. The van der Waals surface area contributed by atoms with Crippen LogP contribution >= 0.6 is 77.2 Å². The fraction of sp³-hybridized carbons (Fsp3) is 0. The molecule has 153 valence electrons. The second-order valence-corrected chi connectivity index (χ2v) is 11.5. The van der Waals surface area contributed by atoms with Gasteiger partial charge in [-0.1, -0.05) is 0 Å². The van der Waals surface area contributed by atoms with Gasteiger partial charge in [0.05, 0.1) is 0 Å². The standard InChI is InChI=1S/2C7H4BrN3S3.Cu/c2*8-4-1-5(13-3-4)2-9-6-10-11-7(12)14-6;/h2*1-3H,(H,11,12);/q;;+2/p-2/b2*9-2+;. The van der Waals surface area contributed by atoms with Crippen molar-refractivity contribution in [2.75, 3.05) is 0 Å². The Morgan fingerprint density at radius 2 is 1.17 bits per heavy atom. The molecule has 4 heterocycles. The summed E-state index contributed by atoms with van der Waals surface area (Å²) in [6.07, 6.45) is 3.51. The van der Waals surface area contributed by atoms with Crippen molar-refractivity contribution in [2.45, 2.75) is 8.68 Å². The quantitative estimate of drug-likeness (QED) is 0.150. The van der Waals surface area contributed by atoms with Crippen molar-refractivity contribution in [2.24, 2.45) is 9.98 Å². The molecular weight excluding hydrogens is 668 g/mol. The third kappa shape index (κ3) is 8.81. The molecule has 0 aliphatic carbocycles. The van der Waals surface area contributed by atoms with E-state index in [-0.39, 0.29) is 17.1 Å². The molecule has 0 saturated heterocycles. The molecule has 0 spiro atoms. The van der Waals surface area contributed by atoms with E-state index >= 15 is 0 Å². The van der Waals surface area contributed by atoms with Gasteiger partial charge in [0.25, 0.3) is 0 Å². The van der Waals surface area contributed by atoms with Crippen LogP contribution in [0.1, 0.15) is 9.75 Å². The van der Waals surface area contributed by atoms with Gasteiger partial charge in [0.1, 0.15) is 10.3 Å². The van der Waals surface area contributed by atoms with Crippen molar-refractivity contribution in [1.29, 1.82) is 0 Å². The summed E-state index contributed by atoms with van der Waals surface area (Å²) in [6, 6.07) is 3.98. The van der Waals surface area contributed by atoms with Gasteiger partial charge in [-0.15, -0.1) is 32.9 Å². The first-order valence-corrected chi connectivity index (χ1v) is 12.8. The molecular formula is C14H6Br2CuN6S6. The minimum Gasteiger partial charge on any atom is -0.406 e. The first kappa shape index (κ1) is 25.0. The fourth-order valence-corrected chi connectivity index (χ4v) is 5.53. The van der Waals surface area contributed by atoms with Crippen LogP contribution in [0.2, 0.25) is 0 Å². The van der Waals surface area contributed by atoms with Crippen LogP contribution in [0.3, 0.4) is 0 Å². The van der Waals surface area contributed by atoms with E-state index in [1.807, 2.05) is 22.9 Å². The van der Waals surface area contributed by atoms with Gasteiger partial charge < -0.3 is 47.9 Å². The van der Waals surface area contributed by atoms with E-state index in [1.165, 1.54) is 22.7 Å². The second-order valence-electron chi connectivity index (χ2n) is 4.55. The summed E-state index contributed by atoms with van der Waals surface area (Å²) >= 11 is 22.2. The van der Waals surface area contributed by atoms with Crippen LogP contribution < -0.4 is 0 Å². The molecule has 15 heteroatoms. The maximum absolute atomic E-state index is 4.83. The Labute approximate surface area is 220 Å². The van der Waals surface area contributed by atoms with Crippen LogP contribution in [0.5, 0.6) is 0 Å². The van der Waals surface area contributed by atoms with Crippen LogP contribution in [-0.4, -0.2) is 32.8 Å². The van der Waals surface area contributed by atoms with E-state index in [1.54, 1.807) is 35.1 Å². The number of rotatable bonds is 4. The zero-order valence-electron chi connectivity index (χ0n) is 13.7. The smallest absolute Gasteiger partial charge is 0.406 e. The zero-order valence-corrected chi connectivity index (χ0v) is 22.7. The Kier molecular flexibility index (Phi) is 10.9. The van der Waals surface area contributed by atoms with Gasteiger partial charge in [0.2, 0.25) is 0 Å². The molecule has 0 bridgehead atoms. The zero-order chi connectivity index (χ0) is 19.9. The van der Waals surface area contributed by atoms with Crippen LogP contribution in [-0.2, 0) is 42.3 Å². The molecule has 0 aromatic carbocycles. The Morgan fingerprint density at radius 1 is 0.759 bits per heavy atom. The number of hydrogen-bond donors (Lipinski definition) is 0. The van der Waals surface area contributed by atoms with E-state index in [2.05, 4.69) is 62.2 Å². The SMILES string of the molecule is [Cu+2].[S-]c1nnc(/N=C/c2cc(Br)cs2)s1.[S-]c1nnc(/N=C/c2cc(Br)cs2)s1. The van der Waals surface area contributed by atoms with Crippen molar-refractivity contribution in [3.8, 4) is 0 Å². The molecule has 1 radical (unpaired) electrons. The van der Waals surface area contributed by atoms with Crippen LogP contribution in [0, 0.1) is 0 Å². The molecule has 0 unspecified atom stereocenters. The molecule has 0 aliphatic heterocycles. The summed E-state index contributed by atoms with van der Waals surface area (Å²) in [5.74, 6) is 0. The molecule has 4 aromatic heterocycles. The first-order chi connectivity index (χ1) is 13.5. The van der Waals surface area contributed by atoms with Gasteiger partial charge in [-0.2, -0.15) is 10.2 Å². The molecule has 0 N–H and O–H groups in total. The third-order valence-corrected chi connectivity index (χ3v) is 7.74. The van der Waals surface area contributed by atoms with Gasteiger partial charge in [0, 0.05) is 41.9 Å². The summed E-state index contributed by atoms with van der Waals surface area (Å²) in [7, 11) is 0. The summed E-state index contributed by atoms with van der Waals surface area (Å²) in [5.41, 5.74) is 0. The molecule has 6 nitrogen and oxygen atoms in total. The monoisotopic (exact) mass is 671 g/mol. The molecule has 0 saturated carbocycles. The molecule has 29 heavy (non-hydrogen) atoms. The summed E-state index contributed by atoms with van der Waals surface area (Å²) in [6.45, 7) is 0. The van der Waals surface area contributed by atoms with E-state index in [0.717, 1.165) is 18.7 Å². The predicted octanol–water partition coefficient (Wildman–Crippen LogP) is 6.03. The Hall–Kier alpha value is -0.221. The van der Waals surface area contributed by atoms with Crippen molar-refractivity contribution in [3.05, 3.63) is 41.6 Å². The minimum absolute atomic E-state index is 0. The third-order valence-electron chi connectivity index (χ3n) is 2.57. The van der Waals surface area contributed by atoms with E-state index in [9.17, 15) is 0 Å². The van der Waals surface area contributed by atoms with Gasteiger partial charge in [0.15, 0.2) is 0 Å². The summed E-state index contributed by atoms with van der Waals surface area (Å²) in [4.78, 5) is 10.4. The minimum atomic E-state index is 0. The van der Waals surface area contributed by atoms with Crippen molar-refractivity contribution < 1.29 is 17.1 Å².